The summed E-state index contributed by atoms with van der Waals surface area (Å²) in [6, 6.07) is 1.93. The predicted molar refractivity (Wildman–Crippen MR) is 80.0 cm³/mol. The van der Waals surface area contributed by atoms with Crippen molar-refractivity contribution in [3.05, 3.63) is 35.8 Å². The quantitative estimate of drug-likeness (QED) is 0.879. The molecule has 1 aromatic heterocycles. The molecule has 1 fully saturated rings. The highest BCUT2D eigenvalue weighted by Crippen LogP contribution is 2.24. The number of anilines is 3. The third-order valence-corrected chi connectivity index (χ3v) is 3.94. The summed E-state index contributed by atoms with van der Waals surface area (Å²) in [6.45, 7) is 3.92. The number of hydrogen-bond acceptors (Lipinski definition) is 5. The van der Waals surface area contributed by atoms with Crippen LogP contribution in [0.4, 0.5) is 30.6 Å². The first-order valence-electron chi connectivity index (χ1n) is 7.40. The van der Waals surface area contributed by atoms with E-state index in [0.29, 0.717) is 11.7 Å². The SMILES string of the molecule is CC1CCN(c2cnnc(Nc3ccc(F)c(F)c3F)n2)CC1. The normalized spacial score (nSPS) is 15.7. The Morgan fingerprint density at radius 3 is 2.61 bits per heavy atom. The van der Waals surface area contributed by atoms with Gasteiger partial charge in [-0.05, 0) is 30.9 Å². The molecule has 2 heterocycles. The van der Waals surface area contributed by atoms with E-state index in [9.17, 15) is 13.2 Å². The van der Waals surface area contributed by atoms with Gasteiger partial charge in [0.05, 0.1) is 11.9 Å². The second-order valence-corrected chi connectivity index (χ2v) is 5.66. The summed E-state index contributed by atoms with van der Waals surface area (Å²) in [5.41, 5.74) is -0.241. The highest BCUT2D eigenvalue weighted by atomic mass is 19.2. The van der Waals surface area contributed by atoms with Crippen LogP contribution >= 0.6 is 0 Å². The van der Waals surface area contributed by atoms with E-state index >= 15 is 0 Å². The number of nitrogens with zero attached hydrogens (tertiary/aromatic N) is 4. The minimum absolute atomic E-state index is 0.0334. The van der Waals surface area contributed by atoms with Crippen molar-refractivity contribution in [1.82, 2.24) is 15.2 Å². The van der Waals surface area contributed by atoms with Crippen LogP contribution in [0.3, 0.4) is 0 Å². The van der Waals surface area contributed by atoms with Gasteiger partial charge in [0, 0.05) is 13.1 Å². The van der Waals surface area contributed by atoms with Crippen molar-refractivity contribution in [2.45, 2.75) is 19.8 Å². The summed E-state index contributed by atoms with van der Waals surface area (Å²) in [4.78, 5) is 6.34. The van der Waals surface area contributed by atoms with Crippen molar-refractivity contribution in [2.75, 3.05) is 23.3 Å². The summed E-state index contributed by atoms with van der Waals surface area (Å²) in [7, 11) is 0. The van der Waals surface area contributed by atoms with Gasteiger partial charge in [-0.1, -0.05) is 6.92 Å². The molecule has 1 aromatic carbocycles. The molecule has 1 N–H and O–H groups in total. The zero-order chi connectivity index (χ0) is 16.4. The topological polar surface area (TPSA) is 53.9 Å². The molecule has 3 rings (SSSR count). The lowest BCUT2D eigenvalue weighted by Gasteiger charge is -2.30. The summed E-state index contributed by atoms with van der Waals surface area (Å²) in [5, 5.41) is 10.1. The van der Waals surface area contributed by atoms with Crippen LogP contribution in [-0.4, -0.2) is 28.3 Å². The van der Waals surface area contributed by atoms with Gasteiger partial charge in [-0.15, -0.1) is 5.10 Å². The number of halogens is 3. The number of benzene rings is 1. The Kier molecular flexibility index (Phi) is 4.31. The molecule has 2 aromatic rings. The van der Waals surface area contributed by atoms with Crippen LogP contribution < -0.4 is 10.2 Å². The van der Waals surface area contributed by atoms with Gasteiger partial charge in [-0.3, -0.25) is 0 Å². The standard InChI is InChI=1S/C15H16F3N5/c1-9-4-6-23(7-5-9)12-8-19-22-15(21-12)20-11-3-2-10(16)13(17)14(11)18/h2-3,8-9H,4-7H2,1H3,(H,20,21,22). The molecule has 0 atom stereocenters. The van der Waals surface area contributed by atoms with Crippen molar-refractivity contribution in [3.63, 3.8) is 0 Å². The molecule has 122 valence electrons. The van der Waals surface area contributed by atoms with E-state index in [1.165, 1.54) is 6.20 Å². The van der Waals surface area contributed by atoms with E-state index in [2.05, 4.69) is 32.3 Å². The molecule has 1 saturated heterocycles. The van der Waals surface area contributed by atoms with Gasteiger partial charge >= 0.3 is 0 Å². The zero-order valence-electron chi connectivity index (χ0n) is 12.6. The Bertz CT molecular complexity index is 702. The zero-order valence-corrected chi connectivity index (χ0v) is 12.6. The van der Waals surface area contributed by atoms with E-state index in [-0.39, 0.29) is 11.6 Å². The fraction of sp³-hybridized carbons (Fsp3) is 0.400. The third-order valence-electron chi connectivity index (χ3n) is 3.94. The monoisotopic (exact) mass is 323 g/mol. The maximum Gasteiger partial charge on any atom is 0.249 e. The maximum atomic E-state index is 13.7. The van der Waals surface area contributed by atoms with Gasteiger partial charge in [0.25, 0.3) is 0 Å². The number of piperidine rings is 1. The summed E-state index contributed by atoms with van der Waals surface area (Å²) in [5.74, 6) is -2.77. The maximum absolute atomic E-state index is 13.7. The number of hydrogen-bond donors (Lipinski definition) is 1. The van der Waals surface area contributed by atoms with Crippen molar-refractivity contribution < 1.29 is 13.2 Å². The van der Waals surface area contributed by atoms with Crippen LogP contribution in [0.5, 0.6) is 0 Å². The average Bonchev–Trinajstić information content (AvgIpc) is 2.56. The molecular weight excluding hydrogens is 307 g/mol. The summed E-state index contributed by atoms with van der Waals surface area (Å²) >= 11 is 0. The van der Waals surface area contributed by atoms with Crippen LogP contribution in [0.2, 0.25) is 0 Å². The highest BCUT2D eigenvalue weighted by Gasteiger charge is 2.19. The van der Waals surface area contributed by atoms with E-state index < -0.39 is 17.5 Å². The molecular formula is C15H16F3N5. The van der Waals surface area contributed by atoms with Crippen LogP contribution in [-0.2, 0) is 0 Å². The third kappa shape index (κ3) is 3.35. The van der Waals surface area contributed by atoms with Crippen LogP contribution in [0, 0.1) is 23.4 Å². The average molecular weight is 323 g/mol. The molecule has 8 heteroatoms. The fourth-order valence-corrected chi connectivity index (χ4v) is 2.48. The molecule has 0 unspecified atom stereocenters. The summed E-state index contributed by atoms with van der Waals surface area (Å²) < 4.78 is 39.9. The first-order valence-corrected chi connectivity index (χ1v) is 7.40. The Hall–Kier alpha value is -2.38. The van der Waals surface area contributed by atoms with Crippen LogP contribution in [0.15, 0.2) is 18.3 Å². The molecule has 1 aliphatic heterocycles. The second-order valence-electron chi connectivity index (χ2n) is 5.66. The van der Waals surface area contributed by atoms with Crippen molar-refractivity contribution >= 4 is 17.5 Å². The van der Waals surface area contributed by atoms with Crippen LogP contribution in [0.25, 0.3) is 0 Å². The first-order chi connectivity index (χ1) is 11.0. The lowest BCUT2D eigenvalue weighted by molar-refractivity contribution is 0.436. The molecule has 0 amide bonds. The van der Waals surface area contributed by atoms with Gasteiger partial charge in [0.1, 0.15) is 0 Å². The minimum atomic E-state index is -1.54. The van der Waals surface area contributed by atoms with Crippen molar-refractivity contribution in [2.24, 2.45) is 5.92 Å². The van der Waals surface area contributed by atoms with Gasteiger partial charge in [0.2, 0.25) is 5.95 Å². The molecule has 0 bridgehead atoms. The minimum Gasteiger partial charge on any atom is -0.355 e. The predicted octanol–water partition coefficient (Wildman–Crippen LogP) is 3.27. The number of rotatable bonds is 3. The van der Waals surface area contributed by atoms with Gasteiger partial charge in [0.15, 0.2) is 23.3 Å². The molecule has 5 nitrogen and oxygen atoms in total. The smallest absolute Gasteiger partial charge is 0.249 e. The van der Waals surface area contributed by atoms with Gasteiger partial charge in [-0.25, -0.2) is 13.2 Å². The Labute approximate surface area is 131 Å². The molecule has 0 spiro atoms. The molecule has 1 aliphatic rings. The second kappa shape index (κ2) is 6.39. The molecule has 0 saturated carbocycles. The number of aromatic nitrogens is 3. The molecule has 23 heavy (non-hydrogen) atoms. The first kappa shape index (κ1) is 15.5. The Morgan fingerprint density at radius 2 is 1.87 bits per heavy atom. The van der Waals surface area contributed by atoms with E-state index in [0.717, 1.165) is 38.1 Å². The highest BCUT2D eigenvalue weighted by molar-refractivity contribution is 5.55. The largest absolute Gasteiger partial charge is 0.355 e. The summed E-state index contributed by atoms with van der Waals surface area (Å²) in [6.07, 6.45) is 3.65. The lowest BCUT2D eigenvalue weighted by Crippen LogP contribution is -2.33. The Morgan fingerprint density at radius 1 is 1.13 bits per heavy atom. The van der Waals surface area contributed by atoms with E-state index in [1.54, 1.807) is 0 Å². The number of nitrogens with one attached hydrogen (secondary N) is 1. The Balaban J connectivity index is 1.79. The molecule has 0 aliphatic carbocycles. The van der Waals surface area contributed by atoms with E-state index in [4.69, 9.17) is 0 Å². The lowest BCUT2D eigenvalue weighted by atomic mass is 9.99. The van der Waals surface area contributed by atoms with Gasteiger partial charge < -0.3 is 10.2 Å². The van der Waals surface area contributed by atoms with Crippen molar-refractivity contribution in [3.8, 4) is 0 Å². The van der Waals surface area contributed by atoms with E-state index in [1.807, 2.05) is 0 Å². The van der Waals surface area contributed by atoms with Crippen LogP contribution in [0.1, 0.15) is 19.8 Å². The van der Waals surface area contributed by atoms with Gasteiger partial charge in [-0.2, -0.15) is 10.1 Å². The molecule has 0 radical (unpaired) electrons. The van der Waals surface area contributed by atoms with Crippen molar-refractivity contribution in [1.29, 1.82) is 0 Å². The fourth-order valence-electron chi connectivity index (χ4n) is 2.48.